The van der Waals surface area contributed by atoms with Crippen molar-refractivity contribution in [3.63, 3.8) is 0 Å². The average molecular weight is 362 g/mol. The van der Waals surface area contributed by atoms with Gasteiger partial charge < -0.3 is 0 Å². The summed E-state index contributed by atoms with van der Waals surface area (Å²) in [6, 6.07) is 0. The van der Waals surface area contributed by atoms with Crippen LogP contribution in [0.15, 0.2) is 0 Å². The largest absolute Gasteiger partial charge is 0.474 e. The summed E-state index contributed by atoms with van der Waals surface area (Å²) in [5.74, 6) is 0.819. The molecule has 0 heterocycles. The molecule has 1 unspecified atom stereocenters. The summed E-state index contributed by atoms with van der Waals surface area (Å²) in [5.41, 5.74) is 0. The van der Waals surface area contributed by atoms with Crippen LogP contribution in [0.2, 0.25) is 0 Å². The van der Waals surface area contributed by atoms with Crippen LogP contribution in [0, 0.1) is 5.92 Å². The Labute approximate surface area is 149 Å². The Morgan fingerprint density at radius 1 is 0.875 bits per heavy atom. The molecule has 144 valence electrons. The van der Waals surface area contributed by atoms with E-state index in [4.69, 9.17) is 13.6 Å². The van der Waals surface area contributed by atoms with Gasteiger partial charge >= 0.3 is 7.82 Å². The van der Waals surface area contributed by atoms with E-state index in [-0.39, 0.29) is 6.10 Å². The molecule has 0 saturated heterocycles. The van der Waals surface area contributed by atoms with Crippen molar-refractivity contribution in [2.45, 2.75) is 103 Å². The van der Waals surface area contributed by atoms with Crippen molar-refractivity contribution in [1.29, 1.82) is 0 Å². The minimum Gasteiger partial charge on any atom is -0.290 e. The molecule has 0 aliphatic heterocycles. The van der Waals surface area contributed by atoms with E-state index in [1.54, 1.807) is 0 Å². The topological polar surface area (TPSA) is 44.8 Å². The molecule has 5 heteroatoms. The van der Waals surface area contributed by atoms with E-state index in [2.05, 4.69) is 6.92 Å². The molecule has 1 aliphatic carbocycles. The van der Waals surface area contributed by atoms with E-state index in [0.29, 0.717) is 6.61 Å². The van der Waals surface area contributed by atoms with Crippen LogP contribution in [0.25, 0.3) is 0 Å². The van der Waals surface area contributed by atoms with Crippen LogP contribution in [-0.4, -0.2) is 19.8 Å². The lowest BCUT2D eigenvalue weighted by atomic mass is 9.84. The number of unbranched alkanes of at least 4 members (excludes halogenated alkanes) is 6. The molecule has 0 amide bonds. The van der Waals surface area contributed by atoms with E-state index >= 15 is 0 Å². The first-order chi connectivity index (χ1) is 11.6. The lowest BCUT2D eigenvalue weighted by Gasteiger charge is -2.30. The van der Waals surface area contributed by atoms with Gasteiger partial charge in [0.2, 0.25) is 0 Å². The van der Waals surface area contributed by atoms with Crippen LogP contribution >= 0.6 is 7.82 Å². The number of hydrogen-bond acceptors (Lipinski definition) is 4. The smallest absolute Gasteiger partial charge is 0.290 e. The fourth-order valence-corrected chi connectivity index (χ4v) is 4.66. The van der Waals surface area contributed by atoms with Gasteiger partial charge in [-0.3, -0.25) is 13.6 Å². The van der Waals surface area contributed by atoms with Crippen molar-refractivity contribution in [2.24, 2.45) is 5.92 Å². The lowest BCUT2D eigenvalue weighted by molar-refractivity contribution is 0.0613. The van der Waals surface area contributed by atoms with E-state index in [1.165, 1.54) is 71.3 Å². The summed E-state index contributed by atoms with van der Waals surface area (Å²) < 4.78 is 28.3. The Kier molecular flexibility index (Phi) is 12.3. The quantitative estimate of drug-likeness (QED) is 0.249. The molecule has 24 heavy (non-hydrogen) atoms. The molecule has 0 aromatic carbocycles. The number of phosphoric ester groups is 1. The van der Waals surface area contributed by atoms with Gasteiger partial charge in [-0.2, -0.15) is 0 Å². The monoisotopic (exact) mass is 362 g/mol. The minimum absolute atomic E-state index is 0.0259. The molecular formula is C19H39O4P. The summed E-state index contributed by atoms with van der Waals surface area (Å²) in [6.45, 7) is 4.66. The number of phosphoric acid groups is 1. The first kappa shape index (κ1) is 22.2. The third kappa shape index (κ3) is 9.56. The van der Waals surface area contributed by atoms with Crippen molar-refractivity contribution in [2.75, 3.05) is 13.7 Å². The summed E-state index contributed by atoms with van der Waals surface area (Å²) in [4.78, 5) is 0. The molecule has 0 N–H and O–H groups in total. The summed E-state index contributed by atoms with van der Waals surface area (Å²) in [5, 5.41) is 0. The van der Waals surface area contributed by atoms with Gasteiger partial charge in [-0.15, -0.1) is 0 Å². The Morgan fingerprint density at radius 2 is 1.50 bits per heavy atom. The molecular weight excluding hydrogens is 323 g/mol. The zero-order chi connectivity index (χ0) is 17.7. The second-order valence-electron chi connectivity index (χ2n) is 7.12. The van der Waals surface area contributed by atoms with Crippen molar-refractivity contribution >= 4 is 7.82 Å². The van der Waals surface area contributed by atoms with Gasteiger partial charge in [-0.25, -0.2) is 4.57 Å². The van der Waals surface area contributed by atoms with Gasteiger partial charge in [0.15, 0.2) is 0 Å². The maximum atomic E-state index is 12.3. The minimum atomic E-state index is -3.34. The SMILES string of the molecule is CCCCCCCCC[C@H]1CC[C@H](OP(=O)(OC)OCCC)CC1. The third-order valence-corrected chi connectivity index (χ3v) is 6.47. The van der Waals surface area contributed by atoms with Gasteiger partial charge in [0, 0.05) is 7.11 Å². The van der Waals surface area contributed by atoms with Crippen molar-refractivity contribution < 1.29 is 18.1 Å². The van der Waals surface area contributed by atoms with E-state index < -0.39 is 7.82 Å². The molecule has 0 bridgehead atoms. The summed E-state index contributed by atoms with van der Waals surface area (Å²) >= 11 is 0. The van der Waals surface area contributed by atoms with Crippen LogP contribution < -0.4 is 0 Å². The molecule has 0 radical (unpaired) electrons. The Morgan fingerprint density at radius 3 is 2.08 bits per heavy atom. The molecule has 0 aromatic rings. The van der Waals surface area contributed by atoms with Gasteiger partial charge in [0.1, 0.15) is 0 Å². The highest BCUT2D eigenvalue weighted by atomic mass is 31.2. The highest BCUT2D eigenvalue weighted by Crippen LogP contribution is 2.51. The normalized spacial score (nSPS) is 24.0. The van der Waals surface area contributed by atoms with Crippen molar-refractivity contribution in [3.8, 4) is 0 Å². The average Bonchev–Trinajstić information content (AvgIpc) is 2.60. The summed E-state index contributed by atoms with van der Waals surface area (Å²) in [7, 11) is -1.94. The van der Waals surface area contributed by atoms with Gasteiger partial charge in [-0.05, 0) is 38.0 Å². The molecule has 4 nitrogen and oxygen atoms in total. The predicted octanol–water partition coefficient (Wildman–Crippen LogP) is 6.88. The van der Waals surface area contributed by atoms with Crippen molar-refractivity contribution in [1.82, 2.24) is 0 Å². The van der Waals surface area contributed by atoms with Gasteiger partial charge in [0.25, 0.3) is 0 Å². The van der Waals surface area contributed by atoms with Gasteiger partial charge in [0.05, 0.1) is 12.7 Å². The lowest BCUT2D eigenvalue weighted by Crippen LogP contribution is -2.21. The highest BCUT2D eigenvalue weighted by Gasteiger charge is 2.31. The fourth-order valence-electron chi connectivity index (χ4n) is 3.43. The maximum absolute atomic E-state index is 12.3. The van der Waals surface area contributed by atoms with Crippen LogP contribution in [0.5, 0.6) is 0 Å². The van der Waals surface area contributed by atoms with Gasteiger partial charge in [-0.1, -0.05) is 65.2 Å². The number of rotatable bonds is 14. The molecule has 0 spiro atoms. The fraction of sp³-hybridized carbons (Fsp3) is 1.00. The Hall–Kier alpha value is 0.110. The molecule has 1 rings (SSSR count). The highest BCUT2D eigenvalue weighted by molar-refractivity contribution is 7.48. The maximum Gasteiger partial charge on any atom is 0.474 e. The van der Waals surface area contributed by atoms with E-state index in [0.717, 1.165) is 25.2 Å². The van der Waals surface area contributed by atoms with Crippen LogP contribution in [0.1, 0.15) is 97.3 Å². The molecule has 0 aromatic heterocycles. The third-order valence-electron chi connectivity index (χ3n) is 4.97. The van der Waals surface area contributed by atoms with Crippen molar-refractivity contribution in [3.05, 3.63) is 0 Å². The molecule has 1 fully saturated rings. The zero-order valence-corrected chi connectivity index (χ0v) is 17.0. The first-order valence-corrected chi connectivity index (χ1v) is 11.6. The van der Waals surface area contributed by atoms with E-state index in [1.807, 2.05) is 6.92 Å². The van der Waals surface area contributed by atoms with Crippen LogP contribution in [0.3, 0.4) is 0 Å². The second-order valence-corrected chi connectivity index (χ2v) is 8.85. The Balaban J connectivity index is 2.12. The van der Waals surface area contributed by atoms with Crippen LogP contribution in [-0.2, 0) is 18.1 Å². The first-order valence-electron chi connectivity index (χ1n) is 10.1. The standard InChI is InChI=1S/C19H39O4P/c1-4-6-7-8-9-10-11-12-18-13-15-19(16-14-18)23-24(20,21-3)22-17-5-2/h18-19H,4-17H2,1-3H3/t18-,19-,24?. The number of hydrogen-bond donors (Lipinski definition) is 0. The molecule has 1 saturated carbocycles. The molecule has 1 atom stereocenters. The van der Waals surface area contributed by atoms with Crippen LogP contribution in [0.4, 0.5) is 0 Å². The second kappa shape index (κ2) is 13.3. The predicted molar refractivity (Wildman–Crippen MR) is 100 cm³/mol. The molecule has 1 aliphatic rings. The van der Waals surface area contributed by atoms with E-state index in [9.17, 15) is 4.57 Å². The summed E-state index contributed by atoms with van der Waals surface area (Å²) in [6.07, 6.45) is 16.1. The zero-order valence-electron chi connectivity index (χ0n) is 16.1. The Bertz CT molecular complexity index is 340.